The van der Waals surface area contributed by atoms with E-state index in [-0.39, 0.29) is 102 Å². The van der Waals surface area contributed by atoms with Gasteiger partial charge in [-0.3, -0.25) is 57.5 Å². The molecule has 0 aromatic rings. The highest BCUT2D eigenvalue weighted by atomic mass is 35.5. The topological polar surface area (TPSA) is 270 Å². The molecule has 5 heterocycles. The van der Waals surface area contributed by atoms with Crippen molar-refractivity contribution in [3.8, 4) is 0 Å². The van der Waals surface area contributed by atoms with E-state index in [9.17, 15) is 37.1 Å². The van der Waals surface area contributed by atoms with E-state index < -0.39 is 173 Å². The second kappa shape index (κ2) is 34.1. The van der Waals surface area contributed by atoms with E-state index in [1.54, 1.807) is 32.7 Å². The van der Waals surface area contributed by atoms with E-state index in [0.717, 1.165) is 43.4 Å². The van der Waals surface area contributed by atoms with Crippen molar-refractivity contribution < 1.29 is 70.7 Å². The Balaban J connectivity index is 1.15. The van der Waals surface area contributed by atoms with Gasteiger partial charge >= 0.3 is 6.18 Å². The highest BCUT2D eigenvalue weighted by molar-refractivity contribution is 6.21. The molecule has 0 aromatic heterocycles. The van der Waals surface area contributed by atoms with Crippen LogP contribution in [-0.2, 0) is 57.5 Å². The molecule has 3 aliphatic carbocycles. The zero-order valence-electron chi connectivity index (χ0n) is 60.2. The van der Waals surface area contributed by atoms with Crippen LogP contribution in [-0.4, -0.2) is 261 Å². The monoisotopic (exact) mass is 1420 g/mol. The van der Waals surface area contributed by atoms with Crippen molar-refractivity contribution in [3.63, 3.8) is 0 Å². The van der Waals surface area contributed by atoms with Crippen LogP contribution in [0.4, 0.5) is 13.2 Å². The van der Waals surface area contributed by atoms with Crippen LogP contribution in [0.2, 0.25) is 0 Å². The number of hydrogen-bond acceptors (Lipinski definition) is 12. The second-order valence-electron chi connectivity index (χ2n) is 30.5. The van der Waals surface area contributed by atoms with Crippen molar-refractivity contribution in [2.45, 2.75) is 273 Å². The van der Waals surface area contributed by atoms with Crippen LogP contribution in [0, 0.1) is 29.6 Å². The van der Waals surface area contributed by atoms with Gasteiger partial charge in [0.1, 0.15) is 59.9 Å². The normalized spacial score (nSPS) is 31.8. The van der Waals surface area contributed by atoms with Gasteiger partial charge in [0.25, 0.3) is 0 Å². The second-order valence-corrected chi connectivity index (χ2v) is 31.1. The lowest BCUT2D eigenvalue weighted by molar-refractivity contribution is -0.182. The molecular formula is C71H112ClF3N12O12. The summed E-state index contributed by atoms with van der Waals surface area (Å²) in [5.74, 6) is -10.2. The molecule has 8 rings (SSSR count). The van der Waals surface area contributed by atoms with Gasteiger partial charge < -0.3 is 60.0 Å². The summed E-state index contributed by atoms with van der Waals surface area (Å²) in [5, 5.41) is 7.67. The number of hydrogen-bond donors (Lipinski definition) is 3. The Morgan fingerprint density at radius 2 is 1.16 bits per heavy atom. The number of carbonyl (C=O) groups is 12. The van der Waals surface area contributed by atoms with Gasteiger partial charge in [0.05, 0.1) is 18.9 Å². The summed E-state index contributed by atoms with van der Waals surface area (Å²) in [6, 6.07) is -10.7. The number of piperidine rings is 1. The first-order valence-electron chi connectivity index (χ1n) is 37.0. The quantitative estimate of drug-likeness (QED) is 0.238. The molecule has 8 aliphatic rings. The van der Waals surface area contributed by atoms with Crippen molar-refractivity contribution in [2.75, 3.05) is 74.5 Å². The summed E-state index contributed by atoms with van der Waals surface area (Å²) in [5.41, 5.74) is -1.56. The molecule has 8 fully saturated rings. The summed E-state index contributed by atoms with van der Waals surface area (Å²) < 4.78 is 42.2. The van der Waals surface area contributed by atoms with Gasteiger partial charge in [-0.15, -0.1) is 11.6 Å². The molecule has 3 saturated carbocycles. The molecule has 28 heteroatoms. The third-order valence-corrected chi connectivity index (χ3v) is 24.0. The zero-order valence-corrected chi connectivity index (χ0v) is 61.0. The number of likely N-dealkylation sites (tertiary alicyclic amines) is 1. The van der Waals surface area contributed by atoms with Gasteiger partial charge in [0.2, 0.25) is 70.9 Å². The van der Waals surface area contributed by atoms with Crippen LogP contribution in [0.25, 0.3) is 0 Å². The molecule has 0 bridgehead atoms. The molecule has 24 nitrogen and oxygen atoms in total. The van der Waals surface area contributed by atoms with Crippen LogP contribution in [0.1, 0.15) is 202 Å². The Labute approximate surface area is 587 Å². The first-order chi connectivity index (χ1) is 46.8. The number of alkyl halides is 4. The highest BCUT2D eigenvalue weighted by Gasteiger charge is 2.52. The van der Waals surface area contributed by atoms with Crippen LogP contribution >= 0.6 is 11.6 Å². The molecule has 0 radical (unpaired) electrons. The number of halogens is 4. The van der Waals surface area contributed by atoms with Crippen LogP contribution in [0.3, 0.4) is 0 Å². The summed E-state index contributed by atoms with van der Waals surface area (Å²) in [6.07, 6.45) is 5.74. The Hall–Kier alpha value is -6.28. The van der Waals surface area contributed by atoms with Gasteiger partial charge in [0.15, 0.2) is 0 Å². The molecule has 12 amide bonds. The van der Waals surface area contributed by atoms with Crippen molar-refractivity contribution in [1.29, 1.82) is 0 Å². The zero-order chi connectivity index (χ0) is 72.5. The number of amides is 12. The average molecular weight is 1420 g/mol. The average Bonchev–Trinajstić information content (AvgIpc) is 1.76. The Morgan fingerprint density at radius 1 is 0.576 bits per heavy atom. The van der Waals surface area contributed by atoms with E-state index >= 15 is 33.6 Å². The molecule has 556 valence electrons. The van der Waals surface area contributed by atoms with Crippen molar-refractivity contribution >= 4 is 82.5 Å². The van der Waals surface area contributed by atoms with Gasteiger partial charge in [0, 0.05) is 73.3 Å². The molecule has 5 saturated heterocycles. The first kappa shape index (κ1) is 78.4. The van der Waals surface area contributed by atoms with Gasteiger partial charge in [-0.2, -0.15) is 13.2 Å². The minimum Gasteiger partial charge on any atom is -0.343 e. The van der Waals surface area contributed by atoms with Crippen LogP contribution in [0.15, 0.2) is 0 Å². The molecule has 99 heavy (non-hydrogen) atoms. The lowest BCUT2D eigenvalue weighted by Crippen LogP contribution is -2.65. The Morgan fingerprint density at radius 3 is 1.76 bits per heavy atom. The van der Waals surface area contributed by atoms with Gasteiger partial charge in [-0.25, -0.2) is 0 Å². The number of nitrogens with zero attached hydrogens (tertiary/aromatic N) is 9. The van der Waals surface area contributed by atoms with E-state index in [4.69, 9.17) is 11.6 Å². The molecule has 5 aliphatic heterocycles. The number of nitrogens with one attached hydrogen (secondary N) is 3. The lowest BCUT2D eigenvalue weighted by atomic mass is 9.78. The minimum atomic E-state index is -4.50. The highest BCUT2D eigenvalue weighted by Crippen LogP contribution is 2.44. The lowest BCUT2D eigenvalue weighted by Gasteiger charge is -2.42. The SMILES string of the molecule is CC[C@H](C)[C@@H]1NC(=O)[C@H](C)N(C)C(=O)C[C@@H](C(=O)N2CCCCC2)N(C)C(=O)[C@H](C(C)C)N(C)C(=O)C2(CCCC2)NC(=O)[C@@H]2CCCN2C(=O)[C@H](CCC2CCC(C(F)(F)F)C(Cl)C2)NC(=O)[C@H]2CCCN2C(=O)[C@H](CC2CCCCC2)N(C)C(=O)[C@@H]2CCCN2C(=O)CN(C)C1=O. The molecule has 1 spiro atoms. The van der Waals surface area contributed by atoms with E-state index in [0.29, 0.717) is 64.5 Å². The van der Waals surface area contributed by atoms with Gasteiger partial charge in [-0.05, 0) is 140 Å². The first-order valence-corrected chi connectivity index (χ1v) is 37.4. The summed E-state index contributed by atoms with van der Waals surface area (Å²) in [4.78, 5) is 192. The fourth-order valence-corrected chi connectivity index (χ4v) is 17.5. The number of likely N-dealkylation sites (N-methyl/N-ethyl adjacent to an activating group) is 5. The summed E-state index contributed by atoms with van der Waals surface area (Å²) in [7, 11) is 7.23. The number of fused-ring (bicyclic) bond motifs is 3. The van der Waals surface area contributed by atoms with Gasteiger partial charge in [-0.1, -0.05) is 79.1 Å². The largest absolute Gasteiger partial charge is 0.393 e. The van der Waals surface area contributed by atoms with E-state index in [1.165, 1.54) is 69.4 Å². The standard InChI is InChI=1S/C71H112ClF3N12O12/c1-11-44(4)58-67(97)79(6)42-57(89)85-36-22-27-53(85)64(94)81(8)54(40-46-23-14-12-15-24-46)66(96)87-38-20-25-51(87)61(91)76-50(31-29-47-28-30-48(49(72)39-47)71(73,74)75)63(93)86-37-21-26-52(86)62(92)78-70(32-16-17-33-70)69(99)83(10)59(43(2)3)68(98)82(9)55(65(95)84-34-18-13-19-35-84)41-56(88)80(7)45(5)60(90)77-58/h43-55,58-59H,11-42H2,1-10H3,(H,76,91)(H,77,90)(H,78,92)/t44-,45-,47?,48?,49?,50-,51+,52-,53-,54-,55-,58-,59-/m0/s1. The maximum Gasteiger partial charge on any atom is 0.393 e. The van der Waals surface area contributed by atoms with E-state index in [2.05, 4.69) is 16.0 Å². The third-order valence-electron chi connectivity index (χ3n) is 23.6. The maximum atomic E-state index is 15.5. The van der Waals surface area contributed by atoms with E-state index in [1.807, 2.05) is 6.92 Å². The summed E-state index contributed by atoms with van der Waals surface area (Å²) in [6.45, 7) is 9.24. The van der Waals surface area contributed by atoms with Crippen molar-refractivity contribution in [2.24, 2.45) is 29.6 Å². The Bertz CT molecular complexity index is 2940. The molecule has 13 atom stereocenters. The fraction of sp³-hybridized carbons (Fsp3) is 0.831. The minimum absolute atomic E-state index is 0.0100. The molecule has 3 N–H and O–H groups in total. The smallest absolute Gasteiger partial charge is 0.343 e. The van der Waals surface area contributed by atoms with Crippen molar-refractivity contribution in [3.05, 3.63) is 0 Å². The van der Waals surface area contributed by atoms with Crippen LogP contribution in [0.5, 0.6) is 0 Å². The predicted molar refractivity (Wildman–Crippen MR) is 363 cm³/mol. The molecule has 3 unspecified atom stereocenters. The van der Waals surface area contributed by atoms with Crippen LogP contribution < -0.4 is 16.0 Å². The molecule has 0 aromatic carbocycles. The number of rotatable bonds is 9. The Kier molecular flexibility index (Phi) is 27.0. The number of carbonyl (C=O) groups excluding carboxylic acids is 12. The fourth-order valence-electron chi connectivity index (χ4n) is 17.0. The summed E-state index contributed by atoms with van der Waals surface area (Å²) >= 11 is 6.44. The maximum absolute atomic E-state index is 15.5. The van der Waals surface area contributed by atoms with Crippen molar-refractivity contribution in [1.82, 2.24) is 60.0 Å². The predicted octanol–water partition coefficient (Wildman–Crippen LogP) is 5.60. The molecular weight excluding hydrogens is 1310 g/mol. The third kappa shape index (κ3) is 18.1.